The maximum absolute atomic E-state index is 12.8. The first-order chi connectivity index (χ1) is 12.1. The molecule has 4 rings (SSSR count). The Labute approximate surface area is 158 Å². The van der Waals surface area contributed by atoms with Crippen molar-refractivity contribution in [1.29, 1.82) is 0 Å². The zero-order chi connectivity index (χ0) is 17.4. The molecule has 0 spiro atoms. The molecule has 138 valence electrons. The summed E-state index contributed by atoms with van der Waals surface area (Å²) in [5, 5.41) is 0. The molecule has 2 aromatic rings. The van der Waals surface area contributed by atoms with Gasteiger partial charge in [0.15, 0.2) is 5.76 Å². The van der Waals surface area contributed by atoms with E-state index in [-0.39, 0.29) is 30.3 Å². The van der Waals surface area contributed by atoms with E-state index in [1.54, 1.807) is 15.9 Å². The maximum Gasteiger partial charge on any atom is 0.289 e. The zero-order valence-corrected chi connectivity index (χ0v) is 15.2. The van der Waals surface area contributed by atoms with Gasteiger partial charge in [0.2, 0.25) is 5.91 Å². The minimum atomic E-state index is -0.119. The van der Waals surface area contributed by atoms with Crippen LogP contribution in [0.5, 0.6) is 0 Å². The lowest BCUT2D eigenvalue weighted by molar-refractivity contribution is -0.117. The smallest absolute Gasteiger partial charge is 0.289 e. The second kappa shape index (κ2) is 7.51. The zero-order valence-electron chi connectivity index (χ0n) is 14.4. The molecule has 0 radical (unpaired) electrons. The number of anilines is 1. The van der Waals surface area contributed by atoms with Gasteiger partial charge in [-0.15, -0.1) is 12.4 Å². The number of halogens is 1. The number of furan rings is 1. The van der Waals surface area contributed by atoms with E-state index in [9.17, 15) is 9.59 Å². The Morgan fingerprint density at radius 3 is 2.69 bits per heavy atom. The maximum atomic E-state index is 12.8. The fraction of sp³-hybridized carbons (Fsp3) is 0.368. The van der Waals surface area contributed by atoms with Crippen LogP contribution < -0.4 is 10.6 Å². The van der Waals surface area contributed by atoms with Crippen LogP contribution >= 0.6 is 12.4 Å². The van der Waals surface area contributed by atoms with Crippen LogP contribution in [-0.2, 0) is 17.8 Å². The molecule has 3 heterocycles. The van der Waals surface area contributed by atoms with Gasteiger partial charge in [0.05, 0.1) is 19.2 Å². The van der Waals surface area contributed by atoms with Gasteiger partial charge in [0, 0.05) is 30.4 Å². The summed E-state index contributed by atoms with van der Waals surface area (Å²) >= 11 is 0. The van der Waals surface area contributed by atoms with Crippen LogP contribution in [0.25, 0.3) is 0 Å². The van der Waals surface area contributed by atoms with Gasteiger partial charge < -0.3 is 20.0 Å². The molecule has 1 fully saturated rings. The molecule has 0 saturated carbocycles. The molecule has 0 unspecified atom stereocenters. The van der Waals surface area contributed by atoms with Crippen molar-refractivity contribution in [3.8, 4) is 0 Å². The molecule has 0 bridgehead atoms. The summed E-state index contributed by atoms with van der Waals surface area (Å²) in [6.45, 7) is 1.64. The molecule has 2 aliphatic heterocycles. The first-order valence-electron chi connectivity index (χ1n) is 8.63. The summed E-state index contributed by atoms with van der Waals surface area (Å²) in [7, 11) is 0. The molecule has 0 aliphatic carbocycles. The minimum Gasteiger partial charge on any atom is -0.459 e. The van der Waals surface area contributed by atoms with Gasteiger partial charge in [0.25, 0.3) is 5.91 Å². The molecule has 1 aromatic carbocycles. The van der Waals surface area contributed by atoms with E-state index in [2.05, 4.69) is 0 Å². The van der Waals surface area contributed by atoms with Crippen LogP contribution in [0, 0.1) is 0 Å². The van der Waals surface area contributed by atoms with Crippen molar-refractivity contribution in [1.82, 2.24) is 4.90 Å². The summed E-state index contributed by atoms with van der Waals surface area (Å²) in [6.07, 6.45) is 3.53. The van der Waals surface area contributed by atoms with Crippen LogP contribution in [0.1, 0.15) is 34.5 Å². The number of amides is 2. The van der Waals surface area contributed by atoms with E-state index in [0.29, 0.717) is 31.8 Å². The Morgan fingerprint density at radius 2 is 1.92 bits per heavy atom. The summed E-state index contributed by atoms with van der Waals surface area (Å²) in [5.41, 5.74) is 8.59. The fourth-order valence-corrected chi connectivity index (χ4v) is 3.55. The number of hydrogen-bond acceptors (Lipinski definition) is 4. The average molecular weight is 376 g/mol. The number of para-hydroxylation sites is 1. The van der Waals surface area contributed by atoms with Crippen molar-refractivity contribution < 1.29 is 14.0 Å². The van der Waals surface area contributed by atoms with Gasteiger partial charge >= 0.3 is 0 Å². The third-order valence-corrected chi connectivity index (χ3v) is 5.02. The molecule has 6 nitrogen and oxygen atoms in total. The van der Waals surface area contributed by atoms with Crippen molar-refractivity contribution >= 4 is 29.9 Å². The molecule has 26 heavy (non-hydrogen) atoms. The van der Waals surface area contributed by atoms with Gasteiger partial charge in [-0.05, 0) is 30.5 Å². The number of likely N-dealkylation sites (tertiary alicyclic amines) is 1. The third kappa shape index (κ3) is 3.34. The first-order valence-corrected chi connectivity index (χ1v) is 8.63. The van der Waals surface area contributed by atoms with E-state index in [0.717, 1.165) is 29.7 Å². The number of piperidine rings is 1. The Morgan fingerprint density at radius 1 is 1.19 bits per heavy atom. The lowest BCUT2D eigenvalue weighted by Crippen LogP contribution is -2.43. The lowest BCUT2D eigenvalue weighted by Gasteiger charge is -2.29. The van der Waals surface area contributed by atoms with Crippen molar-refractivity contribution in [3.05, 3.63) is 53.5 Å². The normalized spacial score (nSPS) is 17.2. The van der Waals surface area contributed by atoms with Gasteiger partial charge in [-0.3, -0.25) is 9.59 Å². The van der Waals surface area contributed by atoms with Crippen LogP contribution in [0.2, 0.25) is 0 Å². The monoisotopic (exact) mass is 375 g/mol. The highest BCUT2D eigenvalue weighted by Gasteiger charge is 2.30. The molecule has 7 heteroatoms. The standard InChI is InChI=1S/C19H21N3O3.ClH/c20-15-5-8-21(9-6-15)19(24)18-14(7-10-25-18)12-22-16-4-2-1-3-13(16)11-17(22)23;/h1-4,7,10,15H,5-6,8-9,11-12,20H2;1H. The Balaban J connectivity index is 0.00000196. The van der Waals surface area contributed by atoms with E-state index in [1.807, 2.05) is 24.3 Å². The molecule has 0 atom stereocenters. The van der Waals surface area contributed by atoms with Crippen LogP contribution in [0.3, 0.4) is 0 Å². The molecular weight excluding hydrogens is 354 g/mol. The quantitative estimate of drug-likeness (QED) is 0.893. The van der Waals surface area contributed by atoms with E-state index in [1.165, 1.54) is 6.26 Å². The van der Waals surface area contributed by atoms with Crippen molar-refractivity contribution in [2.75, 3.05) is 18.0 Å². The van der Waals surface area contributed by atoms with E-state index in [4.69, 9.17) is 10.2 Å². The predicted molar refractivity (Wildman–Crippen MR) is 100 cm³/mol. The number of benzene rings is 1. The predicted octanol–water partition coefficient (Wildman–Crippen LogP) is 2.35. The highest BCUT2D eigenvalue weighted by Crippen LogP contribution is 2.31. The number of carbonyl (C=O) groups excluding carboxylic acids is 2. The van der Waals surface area contributed by atoms with Gasteiger partial charge in [0.1, 0.15) is 0 Å². The fourth-order valence-electron chi connectivity index (χ4n) is 3.55. The number of hydrogen-bond donors (Lipinski definition) is 1. The summed E-state index contributed by atoms with van der Waals surface area (Å²) < 4.78 is 5.48. The van der Waals surface area contributed by atoms with Crippen LogP contribution in [0.15, 0.2) is 41.0 Å². The molecule has 2 aliphatic rings. The van der Waals surface area contributed by atoms with E-state index >= 15 is 0 Å². The highest BCUT2D eigenvalue weighted by atomic mass is 35.5. The molecule has 1 aromatic heterocycles. The molecule has 1 saturated heterocycles. The summed E-state index contributed by atoms with van der Waals surface area (Å²) in [5.74, 6) is 0.254. The number of nitrogens with zero attached hydrogens (tertiary/aromatic N) is 2. The Bertz CT molecular complexity index is 812. The number of carbonyl (C=O) groups is 2. The molecular formula is C19H22ClN3O3. The van der Waals surface area contributed by atoms with Gasteiger partial charge in [-0.2, -0.15) is 0 Å². The van der Waals surface area contributed by atoms with Gasteiger partial charge in [-0.25, -0.2) is 0 Å². The van der Waals surface area contributed by atoms with Crippen molar-refractivity contribution in [2.24, 2.45) is 5.73 Å². The highest BCUT2D eigenvalue weighted by molar-refractivity contribution is 6.01. The number of fused-ring (bicyclic) bond motifs is 1. The number of rotatable bonds is 3. The summed E-state index contributed by atoms with van der Waals surface area (Å²) in [6, 6.07) is 9.70. The second-order valence-electron chi connectivity index (χ2n) is 6.69. The van der Waals surface area contributed by atoms with Crippen LogP contribution in [-0.4, -0.2) is 35.8 Å². The largest absolute Gasteiger partial charge is 0.459 e. The van der Waals surface area contributed by atoms with Crippen LogP contribution in [0.4, 0.5) is 5.69 Å². The second-order valence-corrected chi connectivity index (χ2v) is 6.69. The Hall–Kier alpha value is -2.31. The number of nitrogens with two attached hydrogens (primary N) is 1. The summed E-state index contributed by atoms with van der Waals surface area (Å²) in [4.78, 5) is 28.6. The third-order valence-electron chi connectivity index (χ3n) is 5.02. The first kappa shape index (κ1) is 18.5. The van der Waals surface area contributed by atoms with Gasteiger partial charge in [-0.1, -0.05) is 18.2 Å². The topological polar surface area (TPSA) is 79.8 Å². The SMILES string of the molecule is Cl.NC1CCN(C(=O)c2occc2CN2C(=O)Cc3ccccc32)CC1. The molecule has 2 N–H and O–H groups in total. The minimum absolute atomic E-state index is 0. The van der Waals surface area contributed by atoms with Crippen molar-refractivity contribution in [2.45, 2.75) is 31.8 Å². The molecule has 2 amide bonds. The van der Waals surface area contributed by atoms with Crippen molar-refractivity contribution in [3.63, 3.8) is 0 Å². The van der Waals surface area contributed by atoms with E-state index < -0.39 is 0 Å². The Kier molecular flexibility index (Phi) is 5.34. The average Bonchev–Trinajstić information content (AvgIpc) is 3.20. The lowest BCUT2D eigenvalue weighted by atomic mass is 10.1.